The SMILES string of the molecule is CC(CCl)CCCNC(=O)C1CCOC1. The van der Waals surface area contributed by atoms with Crippen LogP contribution in [0.5, 0.6) is 0 Å². The Balaban J connectivity index is 2.01. The van der Waals surface area contributed by atoms with Crippen molar-refractivity contribution in [3.8, 4) is 0 Å². The molecule has 0 aromatic heterocycles. The summed E-state index contributed by atoms with van der Waals surface area (Å²) in [5.41, 5.74) is 0. The maximum Gasteiger partial charge on any atom is 0.225 e. The number of amides is 1. The van der Waals surface area contributed by atoms with Crippen LogP contribution in [0.2, 0.25) is 0 Å². The minimum Gasteiger partial charge on any atom is -0.381 e. The lowest BCUT2D eigenvalue weighted by molar-refractivity contribution is -0.124. The summed E-state index contributed by atoms with van der Waals surface area (Å²) in [5, 5.41) is 2.94. The monoisotopic (exact) mass is 233 g/mol. The third-order valence-corrected chi connectivity index (χ3v) is 3.26. The molecule has 0 saturated carbocycles. The summed E-state index contributed by atoms with van der Waals surface area (Å²) in [5.74, 6) is 1.46. The number of hydrogen-bond donors (Lipinski definition) is 1. The number of alkyl halides is 1. The molecule has 0 aromatic carbocycles. The lowest BCUT2D eigenvalue weighted by Gasteiger charge is -2.10. The quantitative estimate of drug-likeness (QED) is 0.561. The standard InChI is InChI=1S/C11H20ClNO2/c1-9(7-12)3-2-5-13-11(14)10-4-6-15-8-10/h9-10H,2-8H2,1H3,(H,13,14). The zero-order valence-electron chi connectivity index (χ0n) is 9.30. The van der Waals surface area contributed by atoms with Crippen LogP contribution >= 0.6 is 11.6 Å². The van der Waals surface area contributed by atoms with E-state index < -0.39 is 0 Å². The average molecular weight is 234 g/mol. The molecule has 1 heterocycles. The molecule has 0 aliphatic carbocycles. The number of carbonyl (C=O) groups is 1. The third-order valence-electron chi connectivity index (χ3n) is 2.74. The minimum atomic E-state index is 0.0791. The first-order chi connectivity index (χ1) is 7.24. The average Bonchev–Trinajstić information content (AvgIpc) is 2.77. The minimum absolute atomic E-state index is 0.0791. The molecule has 1 amide bonds. The molecule has 88 valence electrons. The molecule has 4 heteroatoms. The summed E-state index contributed by atoms with van der Waals surface area (Å²) < 4.78 is 5.16. The molecule has 1 aliphatic rings. The highest BCUT2D eigenvalue weighted by Gasteiger charge is 2.22. The maximum atomic E-state index is 11.5. The van der Waals surface area contributed by atoms with Crippen molar-refractivity contribution >= 4 is 17.5 Å². The molecule has 0 spiro atoms. The van der Waals surface area contributed by atoms with Crippen LogP contribution in [0.15, 0.2) is 0 Å². The number of halogens is 1. The van der Waals surface area contributed by atoms with Crippen LogP contribution in [0.4, 0.5) is 0 Å². The first-order valence-corrected chi connectivity index (χ1v) is 6.19. The van der Waals surface area contributed by atoms with E-state index in [2.05, 4.69) is 12.2 Å². The second-order valence-corrected chi connectivity index (χ2v) is 4.56. The Morgan fingerprint density at radius 3 is 3.07 bits per heavy atom. The highest BCUT2D eigenvalue weighted by atomic mass is 35.5. The maximum absolute atomic E-state index is 11.5. The Morgan fingerprint density at radius 2 is 2.47 bits per heavy atom. The van der Waals surface area contributed by atoms with E-state index >= 15 is 0 Å². The summed E-state index contributed by atoms with van der Waals surface area (Å²) in [6.45, 7) is 4.20. The Hall–Kier alpha value is -0.280. The van der Waals surface area contributed by atoms with E-state index in [1.54, 1.807) is 0 Å². The van der Waals surface area contributed by atoms with Gasteiger partial charge >= 0.3 is 0 Å². The van der Waals surface area contributed by atoms with E-state index in [1.165, 1.54) is 0 Å². The Labute approximate surface area is 96.5 Å². The summed E-state index contributed by atoms with van der Waals surface area (Å²) in [6.07, 6.45) is 2.95. The molecule has 0 aromatic rings. The van der Waals surface area contributed by atoms with E-state index in [4.69, 9.17) is 16.3 Å². The van der Waals surface area contributed by atoms with Gasteiger partial charge < -0.3 is 10.1 Å². The number of carbonyl (C=O) groups excluding carboxylic acids is 1. The molecule has 0 bridgehead atoms. The molecule has 1 rings (SSSR count). The molecule has 3 nitrogen and oxygen atoms in total. The fourth-order valence-corrected chi connectivity index (χ4v) is 1.78. The second-order valence-electron chi connectivity index (χ2n) is 4.25. The van der Waals surface area contributed by atoms with Crippen molar-refractivity contribution in [2.45, 2.75) is 26.2 Å². The van der Waals surface area contributed by atoms with Gasteiger partial charge in [0.25, 0.3) is 0 Å². The summed E-state index contributed by atoms with van der Waals surface area (Å²) in [6, 6.07) is 0. The lowest BCUT2D eigenvalue weighted by Crippen LogP contribution is -2.31. The summed E-state index contributed by atoms with van der Waals surface area (Å²) in [7, 11) is 0. The third kappa shape index (κ3) is 4.85. The van der Waals surface area contributed by atoms with Crippen LogP contribution in [0, 0.1) is 11.8 Å². The van der Waals surface area contributed by atoms with Gasteiger partial charge in [-0.3, -0.25) is 4.79 Å². The van der Waals surface area contributed by atoms with E-state index in [0.29, 0.717) is 18.4 Å². The van der Waals surface area contributed by atoms with Gasteiger partial charge in [0.1, 0.15) is 0 Å². The van der Waals surface area contributed by atoms with E-state index in [0.717, 1.165) is 32.4 Å². The van der Waals surface area contributed by atoms with Gasteiger partial charge in [-0.2, -0.15) is 0 Å². The molecule has 2 atom stereocenters. The van der Waals surface area contributed by atoms with Crippen molar-refractivity contribution < 1.29 is 9.53 Å². The Morgan fingerprint density at radius 1 is 1.67 bits per heavy atom. The number of rotatable bonds is 6. The number of nitrogens with one attached hydrogen (secondary N) is 1. The topological polar surface area (TPSA) is 38.3 Å². The van der Waals surface area contributed by atoms with Crippen LogP contribution in [-0.2, 0) is 9.53 Å². The Kier molecular flexibility index (Phi) is 6.03. The largest absolute Gasteiger partial charge is 0.381 e. The first kappa shape index (κ1) is 12.8. The predicted octanol–water partition coefficient (Wildman–Crippen LogP) is 1.79. The van der Waals surface area contributed by atoms with Gasteiger partial charge in [-0.1, -0.05) is 6.92 Å². The summed E-state index contributed by atoms with van der Waals surface area (Å²) in [4.78, 5) is 11.5. The fraction of sp³-hybridized carbons (Fsp3) is 0.909. The lowest BCUT2D eigenvalue weighted by atomic mass is 10.1. The molecule has 15 heavy (non-hydrogen) atoms. The molecule has 2 unspecified atom stereocenters. The second kappa shape index (κ2) is 7.07. The van der Waals surface area contributed by atoms with Crippen molar-refractivity contribution in [3.05, 3.63) is 0 Å². The van der Waals surface area contributed by atoms with Crippen LogP contribution in [-0.4, -0.2) is 31.5 Å². The zero-order valence-corrected chi connectivity index (χ0v) is 10.1. The van der Waals surface area contributed by atoms with Gasteiger partial charge in [-0.05, 0) is 25.2 Å². The molecule has 1 N–H and O–H groups in total. The summed E-state index contributed by atoms with van der Waals surface area (Å²) >= 11 is 5.69. The predicted molar refractivity (Wildman–Crippen MR) is 61.1 cm³/mol. The number of hydrogen-bond acceptors (Lipinski definition) is 2. The highest BCUT2D eigenvalue weighted by molar-refractivity contribution is 6.18. The molecule has 1 saturated heterocycles. The fourth-order valence-electron chi connectivity index (χ4n) is 1.62. The van der Waals surface area contributed by atoms with Crippen LogP contribution < -0.4 is 5.32 Å². The van der Waals surface area contributed by atoms with Crippen LogP contribution in [0.3, 0.4) is 0 Å². The normalized spacial score (nSPS) is 22.7. The van der Waals surface area contributed by atoms with Crippen LogP contribution in [0.25, 0.3) is 0 Å². The molecule has 0 radical (unpaired) electrons. The van der Waals surface area contributed by atoms with Gasteiger partial charge in [-0.15, -0.1) is 11.6 Å². The Bertz CT molecular complexity index is 193. The van der Waals surface area contributed by atoms with Gasteiger partial charge in [0.05, 0.1) is 12.5 Å². The smallest absolute Gasteiger partial charge is 0.225 e. The van der Waals surface area contributed by atoms with Crippen molar-refractivity contribution in [1.82, 2.24) is 5.32 Å². The van der Waals surface area contributed by atoms with Gasteiger partial charge in [0, 0.05) is 19.0 Å². The van der Waals surface area contributed by atoms with Crippen molar-refractivity contribution in [2.24, 2.45) is 11.8 Å². The van der Waals surface area contributed by atoms with E-state index in [-0.39, 0.29) is 11.8 Å². The molecule has 1 aliphatic heterocycles. The van der Waals surface area contributed by atoms with E-state index in [9.17, 15) is 4.79 Å². The molecular formula is C11H20ClNO2. The highest BCUT2D eigenvalue weighted by Crippen LogP contribution is 2.12. The van der Waals surface area contributed by atoms with Crippen molar-refractivity contribution in [2.75, 3.05) is 25.6 Å². The molecule has 1 fully saturated rings. The number of ether oxygens (including phenoxy) is 1. The van der Waals surface area contributed by atoms with Crippen molar-refractivity contribution in [3.63, 3.8) is 0 Å². The van der Waals surface area contributed by atoms with Crippen molar-refractivity contribution in [1.29, 1.82) is 0 Å². The van der Waals surface area contributed by atoms with Gasteiger partial charge in [-0.25, -0.2) is 0 Å². The van der Waals surface area contributed by atoms with Crippen LogP contribution in [0.1, 0.15) is 26.2 Å². The molecular weight excluding hydrogens is 214 g/mol. The first-order valence-electron chi connectivity index (χ1n) is 5.65. The van der Waals surface area contributed by atoms with Gasteiger partial charge in [0.2, 0.25) is 5.91 Å². The zero-order chi connectivity index (χ0) is 11.1. The van der Waals surface area contributed by atoms with Gasteiger partial charge in [0.15, 0.2) is 0 Å². The van der Waals surface area contributed by atoms with E-state index in [1.807, 2.05) is 0 Å².